The Morgan fingerprint density at radius 1 is 1.89 bits per heavy atom. The minimum absolute atomic E-state index is 0.0162. The van der Waals surface area contributed by atoms with E-state index in [0.29, 0.717) is 0 Å². The Morgan fingerprint density at radius 2 is 2.44 bits per heavy atom. The number of carbonyl (C=O) groups is 1. The molecular weight excluding hydrogens is 116 g/mol. The molecule has 0 aromatic rings. The van der Waals surface area contributed by atoms with E-state index >= 15 is 0 Å². The first kappa shape index (κ1) is 8.21. The summed E-state index contributed by atoms with van der Waals surface area (Å²) in [4.78, 5) is 10.1. The van der Waals surface area contributed by atoms with Crippen LogP contribution in [0.15, 0.2) is 12.7 Å². The van der Waals surface area contributed by atoms with Gasteiger partial charge in [0, 0.05) is 0 Å². The molecule has 51 valence electrons. The number of allylic oxidation sites excluding steroid dienone is 1. The van der Waals surface area contributed by atoms with Crippen molar-refractivity contribution in [3.63, 3.8) is 0 Å². The van der Waals surface area contributed by atoms with Gasteiger partial charge in [-0.25, -0.2) is 0 Å². The van der Waals surface area contributed by atoms with E-state index in [1.165, 1.54) is 0 Å². The Morgan fingerprint density at radius 3 is 2.56 bits per heavy atom. The molecule has 1 unspecified atom stereocenters. The van der Waals surface area contributed by atoms with Crippen LogP contribution in [0, 0.1) is 12.3 Å². The lowest BCUT2D eigenvalue weighted by atomic mass is 10.0. The van der Waals surface area contributed by atoms with Crippen LogP contribution in [0.2, 0.25) is 0 Å². The first-order chi connectivity index (χ1) is 4.20. The van der Waals surface area contributed by atoms with Gasteiger partial charge in [-0.05, 0) is 12.3 Å². The third-order valence-corrected chi connectivity index (χ3v) is 1.14. The Labute approximate surface area is 55.2 Å². The maximum absolute atomic E-state index is 10.1. The van der Waals surface area contributed by atoms with Gasteiger partial charge >= 0.3 is 5.97 Å². The lowest BCUT2D eigenvalue weighted by Gasteiger charge is -2.02. The van der Waals surface area contributed by atoms with Gasteiger partial charge in [0.2, 0.25) is 0 Å². The molecule has 0 aromatic carbocycles. The summed E-state index contributed by atoms with van der Waals surface area (Å²) in [5, 5.41) is 8.28. The van der Waals surface area contributed by atoms with Gasteiger partial charge in [0.25, 0.3) is 0 Å². The number of carboxylic acids is 1. The average molecular weight is 127 g/mol. The van der Waals surface area contributed by atoms with Crippen LogP contribution in [0.4, 0.5) is 0 Å². The number of hydrogen-bond acceptors (Lipinski definition) is 1. The monoisotopic (exact) mass is 127 g/mol. The summed E-state index contributed by atoms with van der Waals surface area (Å²) in [6, 6.07) is 0. The van der Waals surface area contributed by atoms with E-state index in [1.807, 2.05) is 13.3 Å². The van der Waals surface area contributed by atoms with Crippen LogP contribution in [0.5, 0.6) is 0 Å². The van der Waals surface area contributed by atoms with Gasteiger partial charge in [-0.2, -0.15) is 0 Å². The standard InChI is InChI=1S/C7H11O2/c1-3-6(4-2)5-7(8)9/h3-4,6H,1,5H2,2H3,(H,8,9). The molecule has 0 saturated carbocycles. The smallest absolute Gasteiger partial charge is 0.303 e. The average Bonchev–Trinajstić information content (AvgIpc) is 1.82. The first-order valence-electron chi connectivity index (χ1n) is 2.84. The molecule has 1 atom stereocenters. The second kappa shape index (κ2) is 4.13. The van der Waals surface area contributed by atoms with Gasteiger partial charge < -0.3 is 5.11 Å². The fourth-order valence-corrected chi connectivity index (χ4v) is 0.539. The van der Waals surface area contributed by atoms with Crippen LogP contribution in [-0.2, 0) is 4.79 Å². The predicted octanol–water partition coefficient (Wildman–Crippen LogP) is 1.49. The van der Waals surface area contributed by atoms with Crippen molar-refractivity contribution in [3.8, 4) is 0 Å². The van der Waals surface area contributed by atoms with Gasteiger partial charge in [-0.3, -0.25) is 4.79 Å². The molecule has 0 fully saturated rings. The van der Waals surface area contributed by atoms with Gasteiger partial charge in [0.1, 0.15) is 0 Å². The van der Waals surface area contributed by atoms with Crippen molar-refractivity contribution >= 4 is 5.97 Å². The van der Waals surface area contributed by atoms with Crippen molar-refractivity contribution in [2.75, 3.05) is 0 Å². The summed E-state index contributed by atoms with van der Waals surface area (Å²) >= 11 is 0. The van der Waals surface area contributed by atoms with E-state index in [4.69, 9.17) is 5.11 Å². The van der Waals surface area contributed by atoms with Gasteiger partial charge in [0.05, 0.1) is 6.42 Å². The van der Waals surface area contributed by atoms with E-state index in [1.54, 1.807) is 6.08 Å². The van der Waals surface area contributed by atoms with Crippen molar-refractivity contribution in [1.29, 1.82) is 0 Å². The normalized spacial score (nSPS) is 12.6. The number of aliphatic carboxylic acids is 1. The minimum atomic E-state index is -0.780. The molecule has 0 spiro atoms. The van der Waals surface area contributed by atoms with Gasteiger partial charge in [-0.1, -0.05) is 13.0 Å². The highest BCUT2D eigenvalue weighted by Crippen LogP contribution is 2.06. The van der Waals surface area contributed by atoms with E-state index in [2.05, 4.69) is 6.58 Å². The molecule has 0 saturated heterocycles. The molecular formula is C7H11O2. The summed E-state index contributed by atoms with van der Waals surface area (Å²) in [5.41, 5.74) is 0. The van der Waals surface area contributed by atoms with E-state index in [9.17, 15) is 4.79 Å². The van der Waals surface area contributed by atoms with Crippen molar-refractivity contribution in [2.45, 2.75) is 13.3 Å². The first-order valence-corrected chi connectivity index (χ1v) is 2.84. The van der Waals surface area contributed by atoms with E-state index < -0.39 is 5.97 Å². The van der Waals surface area contributed by atoms with Crippen molar-refractivity contribution in [3.05, 3.63) is 19.1 Å². The fourth-order valence-electron chi connectivity index (χ4n) is 0.539. The topological polar surface area (TPSA) is 37.3 Å². The van der Waals surface area contributed by atoms with E-state index in [-0.39, 0.29) is 12.3 Å². The Bertz CT molecular complexity index is 107. The molecule has 9 heavy (non-hydrogen) atoms. The summed E-state index contributed by atoms with van der Waals surface area (Å²) < 4.78 is 0. The fraction of sp³-hybridized carbons (Fsp3) is 0.429. The Hall–Kier alpha value is -0.790. The number of hydrogen-bond donors (Lipinski definition) is 1. The van der Waals surface area contributed by atoms with Crippen LogP contribution in [0.3, 0.4) is 0 Å². The second-order valence-electron chi connectivity index (χ2n) is 1.83. The molecule has 0 aliphatic heterocycles. The lowest BCUT2D eigenvalue weighted by molar-refractivity contribution is -0.137. The maximum Gasteiger partial charge on any atom is 0.303 e. The summed E-state index contributed by atoms with van der Waals surface area (Å²) in [7, 11) is 0. The molecule has 0 aliphatic rings. The van der Waals surface area contributed by atoms with Crippen LogP contribution in [0.25, 0.3) is 0 Å². The Kier molecular flexibility index (Phi) is 3.76. The molecule has 1 N–H and O–H groups in total. The SMILES string of the molecule is C=CC([CH]C)CC(=O)O. The van der Waals surface area contributed by atoms with Crippen LogP contribution < -0.4 is 0 Å². The van der Waals surface area contributed by atoms with Crippen LogP contribution in [0.1, 0.15) is 13.3 Å². The van der Waals surface area contributed by atoms with Crippen molar-refractivity contribution in [2.24, 2.45) is 5.92 Å². The van der Waals surface area contributed by atoms with Crippen LogP contribution in [-0.4, -0.2) is 11.1 Å². The molecule has 1 radical (unpaired) electrons. The van der Waals surface area contributed by atoms with E-state index in [0.717, 1.165) is 0 Å². The van der Waals surface area contributed by atoms with Gasteiger partial charge in [0.15, 0.2) is 0 Å². The largest absolute Gasteiger partial charge is 0.481 e. The Balaban J connectivity index is 3.55. The minimum Gasteiger partial charge on any atom is -0.481 e. The van der Waals surface area contributed by atoms with Crippen LogP contribution >= 0.6 is 0 Å². The highest BCUT2D eigenvalue weighted by Gasteiger charge is 2.05. The molecule has 0 aliphatic carbocycles. The molecule has 0 amide bonds. The number of rotatable bonds is 4. The zero-order valence-corrected chi connectivity index (χ0v) is 5.50. The third kappa shape index (κ3) is 3.76. The molecule has 0 heterocycles. The summed E-state index contributed by atoms with van der Waals surface area (Å²) in [6.07, 6.45) is 3.61. The van der Waals surface area contributed by atoms with Gasteiger partial charge in [-0.15, -0.1) is 6.58 Å². The summed E-state index contributed by atoms with van der Waals surface area (Å²) in [6.45, 7) is 5.32. The zero-order valence-electron chi connectivity index (χ0n) is 5.50. The molecule has 2 heteroatoms. The highest BCUT2D eigenvalue weighted by atomic mass is 16.4. The highest BCUT2D eigenvalue weighted by molar-refractivity contribution is 5.67. The lowest BCUT2D eigenvalue weighted by Crippen LogP contribution is -2.03. The zero-order chi connectivity index (χ0) is 7.28. The van der Waals surface area contributed by atoms with Crippen molar-refractivity contribution in [1.82, 2.24) is 0 Å². The second-order valence-corrected chi connectivity index (χ2v) is 1.83. The maximum atomic E-state index is 10.1. The van der Waals surface area contributed by atoms with Crippen molar-refractivity contribution < 1.29 is 9.90 Å². The predicted molar refractivity (Wildman–Crippen MR) is 35.9 cm³/mol. The quantitative estimate of drug-likeness (QED) is 0.581. The third-order valence-electron chi connectivity index (χ3n) is 1.14. The molecule has 0 bridgehead atoms. The summed E-state index contributed by atoms with van der Waals surface area (Å²) in [5.74, 6) is -0.763. The number of carboxylic acid groups (broad SMARTS) is 1. The molecule has 2 nitrogen and oxygen atoms in total. The molecule has 0 aromatic heterocycles. The molecule has 0 rings (SSSR count).